The van der Waals surface area contributed by atoms with Gasteiger partial charge in [0.25, 0.3) is 5.91 Å². The molecule has 0 aromatic carbocycles. The van der Waals surface area contributed by atoms with Gasteiger partial charge >= 0.3 is 0 Å². The number of carbonyl (C=O) groups is 1. The van der Waals surface area contributed by atoms with E-state index in [0.29, 0.717) is 5.69 Å². The van der Waals surface area contributed by atoms with E-state index in [2.05, 4.69) is 25.2 Å². The number of anilines is 2. The van der Waals surface area contributed by atoms with Crippen molar-refractivity contribution in [2.75, 3.05) is 37.0 Å². The van der Waals surface area contributed by atoms with E-state index in [1.165, 1.54) is 0 Å². The van der Waals surface area contributed by atoms with Crippen LogP contribution in [0.2, 0.25) is 0 Å². The van der Waals surface area contributed by atoms with E-state index in [9.17, 15) is 4.79 Å². The molecule has 7 heteroatoms. The molecule has 0 radical (unpaired) electrons. The molecule has 0 aliphatic carbocycles. The third-order valence-electron chi connectivity index (χ3n) is 4.07. The first kappa shape index (κ1) is 16.2. The van der Waals surface area contributed by atoms with Crippen molar-refractivity contribution in [2.45, 2.75) is 18.9 Å². The SMILES string of the molecule is CN(C)c1cc(N2CCCC(NC(=O)c3ccccn3)C2)ncn1. The lowest BCUT2D eigenvalue weighted by Crippen LogP contribution is -2.48. The molecular weight excluding hydrogens is 304 g/mol. The number of hydrogen-bond donors (Lipinski definition) is 1. The topological polar surface area (TPSA) is 74.2 Å². The lowest BCUT2D eigenvalue weighted by molar-refractivity contribution is 0.0928. The smallest absolute Gasteiger partial charge is 0.270 e. The van der Waals surface area contributed by atoms with E-state index < -0.39 is 0 Å². The molecule has 7 nitrogen and oxygen atoms in total. The number of rotatable bonds is 4. The highest BCUT2D eigenvalue weighted by atomic mass is 16.1. The average molecular weight is 326 g/mol. The summed E-state index contributed by atoms with van der Waals surface area (Å²) in [5.74, 6) is 1.64. The minimum atomic E-state index is -0.126. The molecular formula is C17H22N6O. The van der Waals surface area contributed by atoms with E-state index in [1.54, 1.807) is 24.7 Å². The molecule has 1 aliphatic rings. The fourth-order valence-corrected chi connectivity index (χ4v) is 2.81. The van der Waals surface area contributed by atoms with Gasteiger partial charge in [0.15, 0.2) is 0 Å². The highest BCUT2D eigenvalue weighted by Crippen LogP contribution is 2.20. The Morgan fingerprint density at radius 3 is 2.92 bits per heavy atom. The Kier molecular flexibility index (Phi) is 4.88. The zero-order valence-corrected chi connectivity index (χ0v) is 14.0. The molecule has 2 aromatic heterocycles. The molecule has 1 unspecified atom stereocenters. The molecule has 1 N–H and O–H groups in total. The highest BCUT2D eigenvalue weighted by Gasteiger charge is 2.23. The summed E-state index contributed by atoms with van der Waals surface area (Å²) in [5, 5.41) is 3.08. The Morgan fingerprint density at radius 1 is 1.29 bits per heavy atom. The average Bonchev–Trinajstić information content (AvgIpc) is 2.63. The predicted octanol–water partition coefficient (Wildman–Crippen LogP) is 1.34. The number of piperidine rings is 1. The van der Waals surface area contributed by atoms with Crippen molar-refractivity contribution in [2.24, 2.45) is 0 Å². The van der Waals surface area contributed by atoms with Gasteiger partial charge in [-0.2, -0.15) is 0 Å². The molecule has 1 aliphatic heterocycles. The van der Waals surface area contributed by atoms with Gasteiger partial charge in [-0.3, -0.25) is 9.78 Å². The van der Waals surface area contributed by atoms with Crippen LogP contribution in [0.5, 0.6) is 0 Å². The second-order valence-electron chi connectivity index (χ2n) is 6.10. The second kappa shape index (κ2) is 7.25. The van der Waals surface area contributed by atoms with Crippen molar-refractivity contribution in [3.8, 4) is 0 Å². The molecule has 3 heterocycles. The molecule has 1 atom stereocenters. The van der Waals surface area contributed by atoms with Crippen molar-refractivity contribution in [3.63, 3.8) is 0 Å². The van der Waals surface area contributed by atoms with Gasteiger partial charge in [0.05, 0.1) is 0 Å². The van der Waals surface area contributed by atoms with E-state index >= 15 is 0 Å². The van der Waals surface area contributed by atoms with E-state index in [-0.39, 0.29) is 11.9 Å². The Balaban J connectivity index is 1.66. The van der Waals surface area contributed by atoms with Crippen molar-refractivity contribution in [1.29, 1.82) is 0 Å². The van der Waals surface area contributed by atoms with E-state index in [0.717, 1.165) is 37.6 Å². The first-order chi connectivity index (χ1) is 11.6. The quantitative estimate of drug-likeness (QED) is 0.914. The summed E-state index contributed by atoms with van der Waals surface area (Å²) in [5.41, 5.74) is 0.451. The summed E-state index contributed by atoms with van der Waals surface area (Å²) in [6.45, 7) is 1.67. The summed E-state index contributed by atoms with van der Waals surface area (Å²) in [4.78, 5) is 29.2. The van der Waals surface area contributed by atoms with Crippen LogP contribution < -0.4 is 15.1 Å². The Bertz CT molecular complexity index is 690. The minimum Gasteiger partial charge on any atom is -0.363 e. The second-order valence-corrected chi connectivity index (χ2v) is 6.10. The Morgan fingerprint density at radius 2 is 2.17 bits per heavy atom. The molecule has 0 spiro atoms. The predicted molar refractivity (Wildman–Crippen MR) is 93.3 cm³/mol. The summed E-state index contributed by atoms with van der Waals surface area (Å²) in [6, 6.07) is 7.41. The van der Waals surface area contributed by atoms with Crippen LogP contribution in [0.1, 0.15) is 23.3 Å². The van der Waals surface area contributed by atoms with Crippen LogP contribution in [0.4, 0.5) is 11.6 Å². The summed E-state index contributed by atoms with van der Waals surface area (Å²) in [6.07, 6.45) is 5.18. The van der Waals surface area contributed by atoms with E-state index in [4.69, 9.17) is 0 Å². The van der Waals surface area contributed by atoms with Crippen molar-refractivity contribution in [1.82, 2.24) is 20.3 Å². The van der Waals surface area contributed by atoms with Crippen LogP contribution >= 0.6 is 0 Å². The summed E-state index contributed by atoms with van der Waals surface area (Å²) >= 11 is 0. The largest absolute Gasteiger partial charge is 0.363 e. The molecule has 1 saturated heterocycles. The van der Waals surface area contributed by atoms with Gasteiger partial charge < -0.3 is 15.1 Å². The zero-order valence-electron chi connectivity index (χ0n) is 14.0. The van der Waals surface area contributed by atoms with Crippen LogP contribution in [0, 0.1) is 0 Å². The standard InChI is InChI=1S/C17H22N6O/c1-22(2)15-10-16(20-12-19-15)23-9-5-6-13(11-23)21-17(24)14-7-3-4-8-18-14/h3-4,7-8,10,12-13H,5-6,9,11H2,1-2H3,(H,21,24). The van der Waals surface area contributed by atoms with Crippen LogP contribution in [-0.4, -0.2) is 54.1 Å². The van der Waals surface area contributed by atoms with Gasteiger partial charge in [-0.05, 0) is 25.0 Å². The van der Waals surface area contributed by atoms with Gasteiger partial charge in [0.2, 0.25) is 0 Å². The van der Waals surface area contributed by atoms with Crippen molar-refractivity contribution < 1.29 is 4.79 Å². The minimum absolute atomic E-state index is 0.0889. The van der Waals surface area contributed by atoms with E-state index in [1.807, 2.05) is 31.1 Å². The number of carbonyl (C=O) groups excluding carboxylic acids is 1. The van der Waals surface area contributed by atoms with Crippen LogP contribution in [0.15, 0.2) is 36.8 Å². The number of pyridine rings is 1. The van der Waals surface area contributed by atoms with Gasteiger partial charge in [-0.25, -0.2) is 9.97 Å². The number of nitrogens with one attached hydrogen (secondary N) is 1. The van der Waals surface area contributed by atoms with Crippen molar-refractivity contribution in [3.05, 3.63) is 42.5 Å². The monoisotopic (exact) mass is 326 g/mol. The zero-order chi connectivity index (χ0) is 16.9. The molecule has 0 saturated carbocycles. The Labute approximate surface area is 141 Å². The number of hydrogen-bond acceptors (Lipinski definition) is 6. The summed E-state index contributed by atoms with van der Waals surface area (Å²) < 4.78 is 0. The maximum absolute atomic E-state index is 12.3. The first-order valence-corrected chi connectivity index (χ1v) is 8.09. The molecule has 2 aromatic rings. The lowest BCUT2D eigenvalue weighted by Gasteiger charge is -2.34. The third kappa shape index (κ3) is 3.79. The fraction of sp³-hybridized carbons (Fsp3) is 0.412. The molecule has 3 rings (SSSR count). The Hall–Kier alpha value is -2.70. The molecule has 126 valence electrons. The molecule has 1 fully saturated rings. The van der Waals surface area contributed by atoms with Gasteiger partial charge in [0.1, 0.15) is 23.7 Å². The molecule has 24 heavy (non-hydrogen) atoms. The first-order valence-electron chi connectivity index (χ1n) is 8.09. The normalized spacial score (nSPS) is 17.4. The maximum Gasteiger partial charge on any atom is 0.270 e. The molecule has 0 bridgehead atoms. The maximum atomic E-state index is 12.3. The van der Waals surface area contributed by atoms with Crippen LogP contribution in [-0.2, 0) is 0 Å². The highest BCUT2D eigenvalue weighted by molar-refractivity contribution is 5.92. The third-order valence-corrected chi connectivity index (χ3v) is 4.07. The van der Waals surface area contributed by atoms with Gasteiger partial charge in [-0.15, -0.1) is 0 Å². The lowest BCUT2D eigenvalue weighted by atomic mass is 10.1. The van der Waals surface area contributed by atoms with Crippen LogP contribution in [0.3, 0.4) is 0 Å². The number of amides is 1. The summed E-state index contributed by atoms with van der Waals surface area (Å²) in [7, 11) is 3.91. The fourth-order valence-electron chi connectivity index (χ4n) is 2.81. The van der Waals surface area contributed by atoms with Gasteiger partial charge in [0, 0.05) is 45.5 Å². The number of aromatic nitrogens is 3. The number of nitrogens with zero attached hydrogens (tertiary/aromatic N) is 5. The van der Waals surface area contributed by atoms with Gasteiger partial charge in [-0.1, -0.05) is 6.07 Å². The molecule has 1 amide bonds. The van der Waals surface area contributed by atoms with Crippen LogP contribution in [0.25, 0.3) is 0 Å². The van der Waals surface area contributed by atoms with Crippen molar-refractivity contribution >= 4 is 17.5 Å².